The summed E-state index contributed by atoms with van der Waals surface area (Å²) in [5.74, 6) is 2.19. The van der Waals surface area contributed by atoms with E-state index in [9.17, 15) is 0 Å². The summed E-state index contributed by atoms with van der Waals surface area (Å²) < 4.78 is 0. The van der Waals surface area contributed by atoms with E-state index in [0.717, 1.165) is 32.0 Å². The Labute approximate surface area is 186 Å². The van der Waals surface area contributed by atoms with Crippen LogP contribution in [0.5, 0.6) is 0 Å². The predicted octanol–water partition coefficient (Wildman–Crippen LogP) is 4.11. The molecule has 1 aromatic rings. The van der Waals surface area contributed by atoms with Crippen LogP contribution in [0, 0.1) is 0 Å². The lowest BCUT2D eigenvalue weighted by Gasteiger charge is -2.39. The van der Waals surface area contributed by atoms with Crippen LogP contribution in [0.1, 0.15) is 44.6 Å². The Bertz CT molecular complexity index is 555. The molecule has 0 radical (unpaired) electrons. The minimum absolute atomic E-state index is 0. The minimum Gasteiger partial charge on any atom is -0.357 e. The molecule has 6 heteroatoms. The molecule has 2 unspecified atom stereocenters. The van der Waals surface area contributed by atoms with E-state index >= 15 is 0 Å². The highest BCUT2D eigenvalue weighted by Gasteiger charge is 2.40. The van der Waals surface area contributed by atoms with Gasteiger partial charge in [-0.25, -0.2) is 0 Å². The van der Waals surface area contributed by atoms with Gasteiger partial charge in [0.25, 0.3) is 0 Å². The third kappa shape index (κ3) is 6.82. The van der Waals surface area contributed by atoms with Crippen LogP contribution in [0.3, 0.4) is 0 Å². The molecular weight excluding hydrogens is 467 g/mol. The number of rotatable bonds is 8. The molecule has 2 aliphatic rings. The maximum atomic E-state index is 4.77. The average molecular weight is 503 g/mol. The summed E-state index contributed by atoms with van der Waals surface area (Å²) in [6, 6.07) is 12.9. The maximum Gasteiger partial charge on any atom is 0.191 e. The third-order valence-electron chi connectivity index (χ3n) is 5.55. The number of hydrogen-bond donors (Lipinski definition) is 2. The molecular formula is C21H35IN4S. The number of aliphatic imine (C=N–C) groups is 1. The molecule has 2 fully saturated rings. The van der Waals surface area contributed by atoms with Gasteiger partial charge in [-0.05, 0) is 56.6 Å². The zero-order chi connectivity index (χ0) is 18.2. The second-order valence-electron chi connectivity index (χ2n) is 7.46. The lowest BCUT2D eigenvalue weighted by atomic mass is 9.96. The highest BCUT2D eigenvalue weighted by molar-refractivity contribution is 14.0. The summed E-state index contributed by atoms with van der Waals surface area (Å²) in [5.41, 5.74) is 1.44. The van der Waals surface area contributed by atoms with Gasteiger partial charge in [-0.15, -0.1) is 24.0 Å². The maximum absolute atomic E-state index is 4.77. The monoisotopic (exact) mass is 502 g/mol. The van der Waals surface area contributed by atoms with Crippen molar-refractivity contribution in [1.29, 1.82) is 0 Å². The van der Waals surface area contributed by atoms with Gasteiger partial charge in [-0.3, -0.25) is 9.89 Å². The Morgan fingerprint density at radius 2 is 1.89 bits per heavy atom. The van der Waals surface area contributed by atoms with Gasteiger partial charge in [-0.1, -0.05) is 30.3 Å². The van der Waals surface area contributed by atoms with Crippen molar-refractivity contribution in [3.05, 3.63) is 35.9 Å². The molecule has 2 heterocycles. The lowest BCUT2D eigenvalue weighted by molar-refractivity contribution is 0.114. The van der Waals surface area contributed by atoms with Gasteiger partial charge >= 0.3 is 0 Å². The molecule has 2 aliphatic heterocycles. The van der Waals surface area contributed by atoms with Crippen molar-refractivity contribution in [1.82, 2.24) is 15.5 Å². The molecule has 3 rings (SSSR count). The second kappa shape index (κ2) is 12.2. The molecule has 4 nitrogen and oxygen atoms in total. The fourth-order valence-electron chi connectivity index (χ4n) is 4.36. The van der Waals surface area contributed by atoms with Crippen molar-refractivity contribution in [2.24, 2.45) is 4.99 Å². The SMILES string of the molecule is CCNC(=NCCCSC)NC1CC2CCC(C1)N2Cc1ccccc1.I. The molecule has 1 aromatic carbocycles. The number of piperidine rings is 1. The topological polar surface area (TPSA) is 39.7 Å². The van der Waals surface area contributed by atoms with Crippen molar-refractivity contribution in [2.45, 2.75) is 63.7 Å². The first-order chi connectivity index (χ1) is 12.8. The summed E-state index contributed by atoms with van der Waals surface area (Å²) in [6.07, 6.45) is 8.47. The number of nitrogens with zero attached hydrogens (tertiary/aromatic N) is 2. The lowest BCUT2D eigenvalue weighted by Crippen LogP contribution is -2.52. The van der Waals surface area contributed by atoms with Gasteiger partial charge in [0, 0.05) is 37.8 Å². The van der Waals surface area contributed by atoms with Crippen molar-refractivity contribution >= 4 is 41.7 Å². The molecule has 0 spiro atoms. The first-order valence-electron chi connectivity index (χ1n) is 10.1. The van der Waals surface area contributed by atoms with E-state index in [4.69, 9.17) is 4.99 Å². The number of guanidine groups is 1. The Kier molecular flexibility index (Phi) is 10.3. The number of fused-ring (bicyclic) bond motifs is 2. The van der Waals surface area contributed by atoms with Gasteiger partial charge in [0.05, 0.1) is 0 Å². The number of hydrogen-bond acceptors (Lipinski definition) is 3. The normalized spacial score (nSPS) is 25.1. The van der Waals surface area contributed by atoms with Crippen LogP contribution in [-0.4, -0.2) is 54.1 Å². The second-order valence-corrected chi connectivity index (χ2v) is 8.45. The first kappa shape index (κ1) is 22.8. The smallest absolute Gasteiger partial charge is 0.191 e. The zero-order valence-corrected chi connectivity index (χ0v) is 19.8. The Morgan fingerprint density at radius 1 is 1.19 bits per heavy atom. The molecule has 152 valence electrons. The largest absolute Gasteiger partial charge is 0.357 e. The molecule has 0 aromatic heterocycles. The zero-order valence-electron chi connectivity index (χ0n) is 16.7. The third-order valence-corrected chi connectivity index (χ3v) is 6.25. The molecule has 0 saturated carbocycles. The number of thioether (sulfide) groups is 1. The first-order valence-corrected chi connectivity index (χ1v) is 11.5. The van der Waals surface area contributed by atoms with Crippen molar-refractivity contribution in [3.8, 4) is 0 Å². The summed E-state index contributed by atoms with van der Waals surface area (Å²) in [4.78, 5) is 7.52. The average Bonchev–Trinajstić information content (AvgIpc) is 2.89. The molecule has 2 atom stereocenters. The molecule has 2 N–H and O–H groups in total. The Hall–Kier alpha value is -0.470. The standard InChI is InChI=1S/C21H34N4S.HI/c1-3-22-21(23-12-7-13-26-2)24-18-14-19-10-11-20(15-18)25(19)16-17-8-5-4-6-9-17;/h4-6,8-9,18-20H,3,7,10-16H2,1-2H3,(H2,22,23,24);1H. The van der Waals surface area contributed by atoms with Crippen LogP contribution in [-0.2, 0) is 6.54 Å². The van der Waals surface area contributed by atoms with Gasteiger partial charge in [0.15, 0.2) is 5.96 Å². The van der Waals surface area contributed by atoms with Gasteiger partial charge in [0.2, 0.25) is 0 Å². The summed E-state index contributed by atoms with van der Waals surface area (Å²) in [5, 5.41) is 7.15. The van der Waals surface area contributed by atoms with E-state index in [1.54, 1.807) is 0 Å². The van der Waals surface area contributed by atoms with Crippen LogP contribution >= 0.6 is 35.7 Å². The fraction of sp³-hybridized carbons (Fsp3) is 0.667. The summed E-state index contributed by atoms with van der Waals surface area (Å²) in [7, 11) is 0. The predicted molar refractivity (Wildman–Crippen MR) is 129 cm³/mol. The minimum atomic E-state index is 0. The van der Waals surface area contributed by atoms with Gasteiger partial charge < -0.3 is 10.6 Å². The fourth-order valence-corrected chi connectivity index (χ4v) is 4.78. The molecule has 27 heavy (non-hydrogen) atoms. The Morgan fingerprint density at radius 3 is 2.52 bits per heavy atom. The van der Waals surface area contributed by atoms with Crippen LogP contribution in [0.15, 0.2) is 35.3 Å². The van der Waals surface area contributed by atoms with E-state index in [2.05, 4.69) is 59.0 Å². The van der Waals surface area contributed by atoms with E-state index in [1.807, 2.05) is 11.8 Å². The van der Waals surface area contributed by atoms with E-state index in [-0.39, 0.29) is 24.0 Å². The van der Waals surface area contributed by atoms with E-state index in [0.29, 0.717) is 18.1 Å². The molecule has 0 aliphatic carbocycles. The highest BCUT2D eigenvalue weighted by Crippen LogP contribution is 2.36. The Balaban J connectivity index is 0.00000261. The van der Waals surface area contributed by atoms with Crippen LogP contribution < -0.4 is 10.6 Å². The van der Waals surface area contributed by atoms with Gasteiger partial charge in [0.1, 0.15) is 0 Å². The highest BCUT2D eigenvalue weighted by atomic mass is 127. The van der Waals surface area contributed by atoms with Crippen LogP contribution in [0.2, 0.25) is 0 Å². The van der Waals surface area contributed by atoms with E-state index < -0.39 is 0 Å². The molecule has 0 amide bonds. The van der Waals surface area contributed by atoms with Crippen molar-refractivity contribution < 1.29 is 0 Å². The summed E-state index contributed by atoms with van der Waals surface area (Å²) in [6.45, 7) is 5.08. The van der Waals surface area contributed by atoms with Crippen molar-refractivity contribution in [2.75, 3.05) is 25.1 Å². The quantitative estimate of drug-likeness (QED) is 0.243. The van der Waals surface area contributed by atoms with Gasteiger partial charge in [-0.2, -0.15) is 11.8 Å². The number of nitrogens with one attached hydrogen (secondary N) is 2. The van der Waals surface area contributed by atoms with Crippen molar-refractivity contribution in [3.63, 3.8) is 0 Å². The molecule has 2 saturated heterocycles. The van der Waals surface area contributed by atoms with Crippen LogP contribution in [0.25, 0.3) is 0 Å². The number of benzene rings is 1. The number of halogens is 1. The van der Waals surface area contributed by atoms with Crippen LogP contribution in [0.4, 0.5) is 0 Å². The van der Waals surface area contributed by atoms with E-state index in [1.165, 1.54) is 37.0 Å². The summed E-state index contributed by atoms with van der Waals surface area (Å²) >= 11 is 1.90. The molecule has 2 bridgehead atoms.